The minimum atomic E-state index is 0.431. The zero-order valence-electron chi connectivity index (χ0n) is 11.6. The lowest BCUT2D eigenvalue weighted by molar-refractivity contribution is -0.0315. The zero-order chi connectivity index (χ0) is 12.6. The Balaban J connectivity index is 2.91. The average Bonchev–Trinajstić information content (AvgIpc) is 2.35. The van der Waals surface area contributed by atoms with Crippen molar-refractivity contribution in [1.29, 1.82) is 0 Å². The molecule has 0 aromatic heterocycles. The Morgan fingerprint density at radius 3 is 2.00 bits per heavy atom. The topological polar surface area (TPSA) is 18.5 Å². The fourth-order valence-electron chi connectivity index (χ4n) is 1.75. The SMILES string of the molecule is CC#CCCCCCCCCCCOCOC. The highest BCUT2D eigenvalue weighted by molar-refractivity contribution is 4.94. The van der Waals surface area contributed by atoms with E-state index >= 15 is 0 Å². The van der Waals surface area contributed by atoms with Crippen molar-refractivity contribution >= 4 is 0 Å². The van der Waals surface area contributed by atoms with Gasteiger partial charge in [-0.25, -0.2) is 0 Å². The molecule has 0 atom stereocenters. The Kier molecular flexibility index (Phi) is 15.0. The van der Waals surface area contributed by atoms with Gasteiger partial charge in [0.2, 0.25) is 0 Å². The summed E-state index contributed by atoms with van der Waals surface area (Å²) in [6, 6.07) is 0. The van der Waals surface area contributed by atoms with Crippen molar-refractivity contribution in [3.8, 4) is 11.8 Å². The summed E-state index contributed by atoms with van der Waals surface area (Å²) in [5, 5.41) is 0. The molecule has 0 amide bonds. The molecule has 0 spiro atoms. The third-order valence-electron chi connectivity index (χ3n) is 2.72. The van der Waals surface area contributed by atoms with Gasteiger partial charge in [0.05, 0.1) is 0 Å². The lowest BCUT2D eigenvalue weighted by atomic mass is 10.1. The number of methoxy groups -OCH3 is 1. The molecule has 0 aliphatic rings. The predicted octanol–water partition coefficient (Wildman–Crippen LogP) is 4.14. The molecule has 0 aliphatic carbocycles. The van der Waals surface area contributed by atoms with Gasteiger partial charge in [-0.15, -0.1) is 11.8 Å². The first-order valence-electron chi connectivity index (χ1n) is 6.88. The molecule has 2 nitrogen and oxygen atoms in total. The third-order valence-corrected chi connectivity index (χ3v) is 2.72. The number of unbranched alkanes of at least 4 members (excludes halogenated alkanes) is 8. The van der Waals surface area contributed by atoms with E-state index in [1.54, 1.807) is 7.11 Å². The summed E-state index contributed by atoms with van der Waals surface area (Å²) in [7, 11) is 1.66. The molecule has 0 heterocycles. The summed E-state index contributed by atoms with van der Waals surface area (Å²) in [6.07, 6.45) is 11.6. The molecule has 0 saturated heterocycles. The van der Waals surface area contributed by atoms with E-state index in [-0.39, 0.29) is 0 Å². The van der Waals surface area contributed by atoms with Gasteiger partial charge in [-0.1, -0.05) is 38.5 Å². The van der Waals surface area contributed by atoms with Crippen LogP contribution in [0.15, 0.2) is 0 Å². The van der Waals surface area contributed by atoms with Crippen LogP contribution in [0.2, 0.25) is 0 Å². The molecule has 0 aromatic rings. The van der Waals surface area contributed by atoms with Crippen LogP contribution in [-0.4, -0.2) is 20.5 Å². The Bertz CT molecular complexity index is 191. The Morgan fingerprint density at radius 1 is 0.824 bits per heavy atom. The van der Waals surface area contributed by atoms with E-state index in [0.29, 0.717) is 6.79 Å². The summed E-state index contributed by atoms with van der Waals surface area (Å²) in [4.78, 5) is 0. The zero-order valence-corrected chi connectivity index (χ0v) is 11.6. The van der Waals surface area contributed by atoms with Crippen molar-refractivity contribution in [3.63, 3.8) is 0 Å². The molecule has 2 heteroatoms. The molecule has 0 N–H and O–H groups in total. The van der Waals surface area contributed by atoms with Gasteiger partial charge in [-0.3, -0.25) is 0 Å². The first-order chi connectivity index (χ1) is 8.41. The Labute approximate surface area is 107 Å². The van der Waals surface area contributed by atoms with Crippen LogP contribution in [0.1, 0.15) is 64.7 Å². The summed E-state index contributed by atoms with van der Waals surface area (Å²) in [5.41, 5.74) is 0. The Hall–Kier alpha value is -0.520. The largest absolute Gasteiger partial charge is 0.359 e. The molecule has 17 heavy (non-hydrogen) atoms. The summed E-state index contributed by atoms with van der Waals surface area (Å²) in [5.74, 6) is 6.05. The maximum atomic E-state index is 5.23. The lowest BCUT2D eigenvalue weighted by Crippen LogP contribution is -1.98. The second-order valence-corrected chi connectivity index (χ2v) is 4.32. The third kappa shape index (κ3) is 15.5. The van der Waals surface area contributed by atoms with Crippen molar-refractivity contribution in [3.05, 3.63) is 0 Å². The van der Waals surface area contributed by atoms with E-state index in [4.69, 9.17) is 9.47 Å². The van der Waals surface area contributed by atoms with Gasteiger partial charge < -0.3 is 9.47 Å². The molecule has 0 unspecified atom stereocenters. The van der Waals surface area contributed by atoms with Gasteiger partial charge >= 0.3 is 0 Å². The van der Waals surface area contributed by atoms with Crippen LogP contribution in [0.5, 0.6) is 0 Å². The van der Waals surface area contributed by atoms with Crippen molar-refractivity contribution in [2.75, 3.05) is 20.5 Å². The van der Waals surface area contributed by atoms with Gasteiger partial charge in [0.25, 0.3) is 0 Å². The lowest BCUT2D eigenvalue weighted by Gasteiger charge is -2.03. The summed E-state index contributed by atoms with van der Waals surface area (Å²) in [6.45, 7) is 3.18. The average molecular weight is 240 g/mol. The van der Waals surface area contributed by atoms with Gasteiger partial charge in [-0.05, 0) is 19.8 Å². The maximum absolute atomic E-state index is 5.23. The van der Waals surface area contributed by atoms with Gasteiger partial charge in [-0.2, -0.15) is 0 Å². The van der Waals surface area contributed by atoms with Crippen LogP contribution in [0.4, 0.5) is 0 Å². The highest BCUT2D eigenvalue weighted by Gasteiger charge is 1.92. The minimum Gasteiger partial charge on any atom is -0.359 e. The van der Waals surface area contributed by atoms with Crippen LogP contribution < -0.4 is 0 Å². The number of rotatable bonds is 12. The molecular weight excluding hydrogens is 212 g/mol. The van der Waals surface area contributed by atoms with Crippen LogP contribution >= 0.6 is 0 Å². The van der Waals surface area contributed by atoms with Gasteiger partial charge in [0.15, 0.2) is 0 Å². The van der Waals surface area contributed by atoms with Crippen molar-refractivity contribution in [2.24, 2.45) is 0 Å². The second-order valence-electron chi connectivity index (χ2n) is 4.32. The molecule has 0 radical (unpaired) electrons. The maximum Gasteiger partial charge on any atom is 0.146 e. The molecule has 0 aromatic carbocycles. The van der Waals surface area contributed by atoms with Crippen molar-refractivity contribution < 1.29 is 9.47 Å². The van der Waals surface area contributed by atoms with Crippen molar-refractivity contribution in [1.82, 2.24) is 0 Å². The Morgan fingerprint density at radius 2 is 1.41 bits per heavy atom. The van der Waals surface area contributed by atoms with Crippen LogP contribution in [-0.2, 0) is 9.47 Å². The first kappa shape index (κ1) is 16.5. The minimum absolute atomic E-state index is 0.431. The van der Waals surface area contributed by atoms with Gasteiger partial charge in [0, 0.05) is 20.1 Å². The molecule has 0 aliphatic heterocycles. The summed E-state index contributed by atoms with van der Waals surface area (Å²) < 4.78 is 10.0. The smallest absolute Gasteiger partial charge is 0.146 e. The van der Waals surface area contributed by atoms with E-state index in [2.05, 4.69) is 11.8 Å². The summed E-state index contributed by atoms with van der Waals surface area (Å²) >= 11 is 0. The molecule has 0 bridgehead atoms. The molecule has 0 rings (SSSR count). The first-order valence-corrected chi connectivity index (χ1v) is 6.88. The van der Waals surface area contributed by atoms with E-state index in [0.717, 1.165) is 19.4 Å². The highest BCUT2D eigenvalue weighted by atomic mass is 16.7. The molecule has 100 valence electrons. The van der Waals surface area contributed by atoms with Crippen molar-refractivity contribution in [2.45, 2.75) is 64.7 Å². The molecule has 0 fully saturated rings. The van der Waals surface area contributed by atoms with Crippen LogP contribution in [0.3, 0.4) is 0 Å². The van der Waals surface area contributed by atoms with E-state index < -0.39 is 0 Å². The molecular formula is C15H28O2. The number of ether oxygens (including phenoxy) is 2. The van der Waals surface area contributed by atoms with Crippen LogP contribution in [0.25, 0.3) is 0 Å². The monoisotopic (exact) mass is 240 g/mol. The van der Waals surface area contributed by atoms with E-state index in [1.807, 2.05) is 6.92 Å². The fourth-order valence-corrected chi connectivity index (χ4v) is 1.75. The number of hydrogen-bond donors (Lipinski definition) is 0. The van der Waals surface area contributed by atoms with E-state index in [9.17, 15) is 0 Å². The number of hydrogen-bond acceptors (Lipinski definition) is 2. The van der Waals surface area contributed by atoms with Gasteiger partial charge in [0.1, 0.15) is 6.79 Å². The normalized spacial score (nSPS) is 10.0. The quantitative estimate of drug-likeness (QED) is 0.290. The second kappa shape index (κ2) is 15.5. The fraction of sp³-hybridized carbons (Fsp3) is 0.867. The predicted molar refractivity (Wildman–Crippen MR) is 72.8 cm³/mol. The van der Waals surface area contributed by atoms with Crippen LogP contribution in [0, 0.1) is 11.8 Å². The van der Waals surface area contributed by atoms with E-state index in [1.165, 1.54) is 44.9 Å². The standard InChI is InChI=1S/C15H28O2/c1-3-4-5-6-7-8-9-10-11-12-13-14-17-15-16-2/h5-15H2,1-2H3. The highest BCUT2D eigenvalue weighted by Crippen LogP contribution is 2.09. The molecule has 0 saturated carbocycles.